The van der Waals surface area contributed by atoms with Gasteiger partial charge in [0.1, 0.15) is 5.75 Å². The van der Waals surface area contributed by atoms with Crippen LogP contribution in [-0.4, -0.2) is 38.3 Å². The minimum absolute atomic E-state index is 0.273. The van der Waals surface area contributed by atoms with E-state index >= 15 is 0 Å². The predicted molar refractivity (Wildman–Crippen MR) is 88.3 cm³/mol. The van der Waals surface area contributed by atoms with E-state index in [1.54, 1.807) is 61.7 Å². The Morgan fingerprint density at radius 1 is 1.00 bits per heavy atom. The Labute approximate surface area is 139 Å². The Morgan fingerprint density at radius 2 is 1.71 bits per heavy atom. The van der Waals surface area contributed by atoms with Crippen LogP contribution in [0.25, 0.3) is 0 Å². The first-order valence-corrected chi connectivity index (χ1v) is 7.22. The molecule has 0 saturated heterocycles. The number of benzene rings is 2. The predicted octanol–water partition coefficient (Wildman–Crippen LogP) is 2.47. The summed E-state index contributed by atoms with van der Waals surface area (Å²) in [4.78, 5) is 28.1. The molecule has 0 heterocycles. The summed E-state index contributed by atoms with van der Waals surface area (Å²) in [6.07, 6.45) is 1.46. The van der Waals surface area contributed by atoms with Gasteiger partial charge in [0.05, 0.1) is 13.3 Å². The first kappa shape index (κ1) is 17.2. The van der Waals surface area contributed by atoms with E-state index in [0.717, 1.165) is 11.3 Å². The van der Waals surface area contributed by atoms with Crippen LogP contribution in [0.1, 0.15) is 15.9 Å². The van der Waals surface area contributed by atoms with Crippen molar-refractivity contribution in [3.05, 3.63) is 65.7 Å². The van der Waals surface area contributed by atoms with Gasteiger partial charge in [0.2, 0.25) is 6.61 Å². The number of carbonyl (C=O) groups is 2. The molecule has 0 atom stereocenters. The zero-order valence-corrected chi connectivity index (χ0v) is 13.2. The molecule has 0 aliphatic heterocycles. The van der Waals surface area contributed by atoms with Crippen molar-refractivity contribution in [3.8, 4) is 5.75 Å². The number of ether oxygens (including phenoxy) is 2. The van der Waals surface area contributed by atoms with E-state index in [1.165, 1.54) is 6.21 Å². The Morgan fingerprint density at radius 3 is 2.38 bits per heavy atom. The standard InChI is InChI=1S/C18H17NO5/c1-22-16-9-7-14(8-10-16)11-19-24-13-18(21)23-12-17(20)15-5-3-2-4-6-15/h2-11H,12-13H2,1H3/b19-11+. The quantitative estimate of drug-likeness (QED) is 0.322. The summed E-state index contributed by atoms with van der Waals surface area (Å²) in [5.41, 5.74) is 1.28. The van der Waals surface area contributed by atoms with Crippen LogP contribution in [0.2, 0.25) is 0 Å². The van der Waals surface area contributed by atoms with Crippen LogP contribution in [0.5, 0.6) is 5.75 Å². The number of rotatable bonds is 8. The van der Waals surface area contributed by atoms with Crippen LogP contribution in [0, 0.1) is 0 Å². The molecule has 24 heavy (non-hydrogen) atoms. The second-order valence-electron chi connectivity index (χ2n) is 4.73. The van der Waals surface area contributed by atoms with Gasteiger partial charge in [-0.05, 0) is 29.8 Å². The van der Waals surface area contributed by atoms with Gasteiger partial charge in [-0.2, -0.15) is 0 Å². The Kier molecular flexibility index (Phi) is 6.52. The zero-order valence-electron chi connectivity index (χ0n) is 13.2. The van der Waals surface area contributed by atoms with Crippen molar-refractivity contribution in [2.45, 2.75) is 0 Å². The number of methoxy groups -OCH3 is 1. The molecule has 0 amide bonds. The van der Waals surface area contributed by atoms with Gasteiger partial charge in [0, 0.05) is 5.56 Å². The van der Waals surface area contributed by atoms with Crippen molar-refractivity contribution in [1.82, 2.24) is 0 Å². The largest absolute Gasteiger partial charge is 0.497 e. The fourth-order valence-electron chi connectivity index (χ4n) is 1.77. The molecule has 124 valence electrons. The molecule has 0 aliphatic rings. The molecule has 2 aromatic carbocycles. The van der Waals surface area contributed by atoms with Gasteiger partial charge in [-0.1, -0.05) is 35.5 Å². The average molecular weight is 327 g/mol. The number of hydrogen-bond acceptors (Lipinski definition) is 6. The molecule has 0 aromatic heterocycles. The molecule has 0 spiro atoms. The summed E-state index contributed by atoms with van der Waals surface area (Å²) < 4.78 is 9.88. The third kappa shape index (κ3) is 5.57. The fourth-order valence-corrected chi connectivity index (χ4v) is 1.77. The van der Waals surface area contributed by atoms with Gasteiger partial charge in [0.25, 0.3) is 0 Å². The first-order chi connectivity index (χ1) is 11.7. The van der Waals surface area contributed by atoms with Crippen LogP contribution < -0.4 is 4.74 Å². The highest BCUT2D eigenvalue weighted by Gasteiger charge is 2.09. The van der Waals surface area contributed by atoms with Gasteiger partial charge in [-0.25, -0.2) is 4.79 Å². The Bertz CT molecular complexity index is 695. The lowest BCUT2D eigenvalue weighted by Gasteiger charge is -2.03. The minimum atomic E-state index is -0.661. The van der Waals surface area contributed by atoms with E-state index in [0.29, 0.717) is 5.56 Å². The van der Waals surface area contributed by atoms with Crippen LogP contribution in [0.15, 0.2) is 59.8 Å². The fraction of sp³-hybridized carbons (Fsp3) is 0.167. The Hall–Kier alpha value is -3.15. The number of carbonyl (C=O) groups excluding carboxylic acids is 2. The van der Waals surface area contributed by atoms with E-state index in [-0.39, 0.29) is 19.0 Å². The molecule has 6 heteroatoms. The molecular formula is C18H17NO5. The van der Waals surface area contributed by atoms with E-state index in [1.807, 2.05) is 0 Å². The van der Waals surface area contributed by atoms with E-state index in [2.05, 4.69) is 5.16 Å². The number of nitrogens with zero attached hydrogens (tertiary/aromatic N) is 1. The molecule has 0 unspecified atom stereocenters. The third-order valence-corrected chi connectivity index (χ3v) is 3.03. The maximum absolute atomic E-state index is 11.8. The monoisotopic (exact) mass is 327 g/mol. The molecule has 0 radical (unpaired) electrons. The lowest BCUT2D eigenvalue weighted by molar-refractivity contribution is -0.147. The van der Waals surface area contributed by atoms with Crippen LogP contribution >= 0.6 is 0 Å². The smallest absolute Gasteiger partial charge is 0.347 e. The van der Waals surface area contributed by atoms with Gasteiger partial charge in [-0.15, -0.1) is 0 Å². The van der Waals surface area contributed by atoms with E-state index < -0.39 is 5.97 Å². The van der Waals surface area contributed by atoms with Crippen LogP contribution in [-0.2, 0) is 14.4 Å². The zero-order chi connectivity index (χ0) is 17.2. The highest BCUT2D eigenvalue weighted by molar-refractivity contribution is 5.97. The van der Waals surface area contributed by atoms with Gasteiger partial charge in [0.15, 0.2) is 12.4 Å². The molecule has 0 N–H and O–H groups in total. The van der Waals surface area contributed by atoms with Gasteiger partial charge < -0.3 is 14.3 Å². The summed E-state index contributed by atoms with van der Waals surface area (Å²) in [5, 5.41) is 3.67. The maximum Gasteiger partial charge on any atom is 0.347 e. The number of hydrogen-bond donors (Lipinski definition) is 0. The van der Waals surface area contributed by atoms with Crippen molar-refractivity contribution < 1.29 is 23.9 Å². The molecule has 0 bridgehead atoms. The average Bonchev–Trinajstić information content (AvgIpc) is 2.64. The summed E-state index contributed by atoms with van der Waals surface area (Å²) in [5.74, 6) is -0.198. The highest BCUT2D eigenvalue weighted by Crippen LogP contribution is 2.09. The molecule has 0 saturated carbocycles. The molecule has 2 rings (SSSR count). The molecule has 0 fully saturated rings. The van der Waals surface area contributed by atoms with Crippen molar-refractivity contribution >= 4 is 18.0 Å². The highest BCUT2D eigenvalue weighted by atomic mass is 16.7. The second-order valence-corrected chi connectivity index (χ2v) is 4.73. The maximum atomic E-state index is 11.8. The van der Waals surface area contributed by atoms with Crippen molar-refractivity contribution in [2.24, 2.45) is 5.16 Å². The van der Waals surface area contributed by atoms with Crippen molar-refractivity contribution in [1.29, 1.82) is 0 Å². The SMILES string of the molecule is COc1ccc(/C=N/OCC(=O)OCC(=O)c2ccccc2)cc1. The molecule has 2 aromatic rings. The lowest BCUT2D eigenvalue weighted by atomic mass is 10.1. The number of esters is 1. The molecule has 0 aliphatic carbocycles. The van der Waals surface area contributed by atoms with E-state index in [4.69, 9.17) is 14.3 Å². The molecular weight excluding hydrogens is 310 g/mol. The summed E-state index contributed by atoms with van der Waals surface area (Å²) in [6.45, 7) is -0.691. The van der Waals surface area contributed by atoms with Crippen molar-refractivity contribution in [2.75, 3.05) is 20.3 Å². The van der Waals surface area contributed by atoms with E-state index in [9.17, 15) is 9.59 Å². The third-order valence-electron chi connectivity index (χ3n) is 3.03. The summed E-state index contributed by atoms with van der Waals surface area (Å²) in [7, 11) is 1.58. The summed E-state index contributed by atoms with van der Waals surface area (Å²) in [6, 6.07) is 15.8. The lowest BCUT2D eigenvalue weighted by Crippen LogP contribution is -2.17. The minimum Gasteiger partial charge on any atom is -0.497 e. The first-order valence-electron chi connectivity index (χ1n) is 7.22. The van der Waals surface area contributed by atoms with Gasteiger partial charge >= 0.3 is 5.97 Å². The van der Waals surface area contributed by atoms with Gasteiger partial charge in [-0.3, -0.25) is 4.79 Å². The van der Waals surface area contributed by atoms with Crippen LogP contribution in [0.3, 0.4) is 0 Å². The number of ketones is 1. The number of oxime groups is 1. The Balaban J connectivity index is 1.69. The second kappa shape index (κ2) is 9.09. The topological polar surface area (TPSA) is 74.2 Å². The molecule has 6 nitrogen and oxygen atoms in total. The normalized spacial score (nSPS) is 10.4. The van der Waals surface area contributed by atoms with Crippen LogP contribution in [0.4, 0.5) is 0 Å². The number of Topliss-reactive ketones (excluding diaryl/α,β-unsaturated/α-hetero) is 1. The summed E-state index contributed by atoms with van der Waals surface area (Å²) >= 11 is 0. The van der Waals surface area contributed by atoms with Crippen molar-refractivity contribution in [3.63, 3.8) is 0 Å².